The van der Waals surface area contributed by atoms with Crippen molar-refractivity contribution in [1.29, 1.82) is 0 Å². The first kappa shape index (κ1) is 19.9. The minimum Gasteiger partial charge on any atom is -0.493 e. The fraction of sp³-hybridized carbons (Fsp3) is 0.190. The summed E-state index contributed by atoms with van der Waals surface area (Å²) in [4.78, 5) is 36.0. The number of nitrogens with one attached hydrogen (secondary N) is 2. The number of methoxy groups -OCH3 is 3. The van der Waals surface area contributed by atoms with Crippen molar-refractivity contribution in [2.24, 2.45) is 0 Å². The Hall–Kier alpha value is -3.81. The van der Waals surface area contributed by atoms with Gasteiger partial charge < -0.3 is 24.8 Å². The molecular weight excluding hydrogens is 376 g/mol. The van der Waals surface area contributed by atoms with Crippen LogP contribution in [0.3, 0.4) is 0 Å². The summed E-state index contributed by atoms with van der Waals surface area (Å²) < 4.78 is 15.2. The Kier molecular flexibility index (Phi) is 5.82. The summed E-state index contributed by atoms with van der Waals surface area (Å²) in [5.41, 5.74) is 0.449. The average Bonchev–Trinajstić information content (AvgIpc) is 2.77. The minimum atomic E-state index is -0.653. The van der Waals surface area contributed by atoms with Crippen molar-refractivity contribution in [2.45, 2.75) is 6.54 Å². The Morgan fingerprint density at radius 3 is 2.28 bits per heavy atom. The molecule has 3 aromatic rings. The van der Waals surface area contributed by atoms with Gasteiger partial charge in [0, 0.05) is 6.54 Å². The highest BCUT2D eigenvalue weighted by Gasteiger charge is 2.22. The van der Waals surface area contributed by atoms with Gasteiger partial charge in [0.2, 0.25) is 0 Å². The zero-order valence-electron chi connectivity index (χ0n) is 16.2. The summed E-state index contributed by atoms with van der Waals surface area (Å²) >= 11 is 0. The van der Waals surface area contributed by atoms with E-state index in [1.165, 1.54) is 14.2 Å². The molecule has 0 atom stereocenters. The molecular formula is C21H20N2O6. The van der Waals surface area contributed by atoms with Crippen LogP contribution in [0.2, 0.25) is 0 Å². The Labute approximate surface area is 166 Å². The van der Waals surface area contributed by atoms with Gasteiger partial charge in [-0.05, 0) is 29.8 Å². The number of carbonyl (C=O) groups is 1. The van der Waals surface area contributed by atoms with Crippen molar-refractivity contribution >= 4 is 23.0 Å². The molecule has 0 heterocycles. The maximum atomic E-state index is 12.1. The summed E-state index contributed by atoms with van der Waals surface area (Å²) in [6, 6.07) is 11.9. The largest absolute Gasteiger partial charge is 0.493 e. The van der Waals surface area contributed by atoms with Gasteiger partial charge in [0.1, 0.15) is 11.4 Å². The molecule has 0 radical (unpaired) electrons. The number of carbonyl (C=O) groups excluding carboxylic acids is 1. The molecule has 150 valence electrons. The molecule has 29 heavy (non-hydrogen) atoms. The van der Waals surface area contributed by atoms with Crippen LogP contribution in [0.5, 0.6) is 11.5 Å². The first-order valence-electron chi connectivity index (χ1n) is 8.72. The maximum absolute atomic E-state index is 12.1. The lowest BCUT2D eigenvalue weighted by atomic mass is 10.1. The number of para-hydroxylation sites is 1. The van der Waals surface area contributed by atoms with Crippen molar-refractivity contribution in [3.8, 4) is 11.5 Å². The third-order valence-corrected chi connectivity index (χ3v) is 4.42. The number of ether oxygens (including phenoxy) is 3. The number of rotatable bonds is 8. The third kappa shape index (κ3) is 3.91. The molecule has 0 saturated carbocycles. The molecule has 0 aliphatic carbocycles. The van der Waals surface area contributed by atoms with Crippen molar-refractivity contribution in [3.63, 3.8) is 0 Å². The van der Waals surface area contributed by atoms with Crippen LogP contribution in [-0.4, -0.2) is 27.3 Å². The summed E-state index contributed by atoms with van der Waals surface area (Å²) in [5, 5.41) is 5.84. The molecule has 0 saturated heterocycles. The molecule has 2 N–H and O–H groups in total. The van der Waals surface area contributed by atoms with Crippen LogP contribution in [0.15, 0.2) is 52.1 Å². The van der Waals surface area contributed by atoms with Crippen LogP contribution >= 0.6 is 0 Å². The van der Waals surface area contributed by atoms with Gasteiger partial charge in [-0.25, -0.2) is 4.79 Å². The monoisotopic (exact) mass is 396 g/mol. The summed E-state index contributed by atoms with van der Waals surface area (Å²) in [6.07, 6.45) is 0. The van der Waals surface area contributed by atoms with E-state index in [4.69, 9.17) is 14.2 Å². The molecule has 0 fully saturated rings. The van der Waals surface area contributed by atoms with E-state index >= 15 is 0 Å². The molecule has 0 aromatic heterocycles. The number of benzene rings is 2. The first-order chi connectivity index (χ1) is 14.0. The Morgan fingerprint density at radius 2 is 1.59 bits per heavy atom. The van der Waals surface area contributed by atoms with Crippen molar-refractivity contribution in [3.05, 3.63) is 74.0 Å². The lowest BCUT2D eigenvalue weighted by Gasteiger charge is -2.17. The Morgan fingerprint density at radius 1 is 0.897 bits per heavy atom. The van der Waals surface area contributed by atoms with Crippen LogP contribution in [0.25, 0.3) is 0 Å². The Balaban J connectivity index is 1.81. The van der Waals surface area contributed by atoms with Crippen LogP contribution < -0.4 is 31.0 Å². The van der Waals surface area contributed by atoms with E-state index in [1.807, 2.05) is 6.07 Å². The van der Waals surface area contributed by atoms with E-state index in [0.29, 0.717) is 23.7 Å². The minimum absolute atomic E-state index is 0.104. The molecule has 0 spiro atoms. The second kappa shape index (κ2) is 8.47. The molecule has 0 unspecified atom stereocenters. The molecule has 8 nitrogen and oxygen atoms in total. The van der Waals surface area contributed by atoms with Gasteiger partial charge in [-0.2, -0.15) is 0 Å². The number of hydrogen-bond acceptors (Lipinski definition) is 8. The predicted molar refractivity (Wildman–Crippen MR) is 109 cm³/mol. The van der Waals surface area contributed by atoms with Crippen LogP contribution in [0.1, 0.15) is 15.9 Å². The van der Waals surface area contributed by atoms with Gasteiger partial charge in [-0.15, -0.1) is 0 Å². The van der Waals surface area contributed by atoms with Gasteiger partial charge in [0.05, 0.1) is 32.6 Å². The second-order valence-corrected chi connectivity index (χ2v) is 6.11. The average molecular weight is 396 g/mol. The lowest BCUT2D eigenvalue weighted by Crippen LogP contribution is -2.36. The fourth-order valence-electron chi connectivity index (χ4n) is 2.88. The zero-order chi connectivity index (χ0) is 21.0. The normalized spacial score (nSPS) is 10.4. The first-order valence-corrected chi connectivity index (χ1v) is 8.72. The van der Waals surface area contributed by atoms with Crippen LogP contribution in [-0.2, 0) is 11.3 Å². The number of hydrogen-bond donors (Lipinski definition) is 2. The van der Waals surface area contributed by atoms with E-state index < -0.39 is 16.8 Å². The van der Waals surface area contributed by atoms with E-state index in [1.54, 1.807) is 43.5 Å². The molecule has 0 aliphatic rings. The highest BCUT2D eigenvalue weighted by atomic mass is 16.5. The van der Waals surface area contributed by atoms with Gasteiger partial charge in [-0.1, -0.05) is 18.2 Å². The van der Waals surface area contributed by atoms with E-state index in [9.17, 15) is 14.4 Å². The van der Waals surface area contributed by atoms with Gasteiger partial charge in [0.15, 0.2) is 11.5 Å². The van der Waals surface area contributed by atoms with Gasteiger partial charge >= 0.3 is 5.97 Å². The highest BCUT2D eigenvalue weighted by Crippen LogP contribution is 2.29. The van der Waals surface area contributed by atoms with Gasteiger partial charge in [0.25, 0.3) is 10.9 Å². The Bertz CT molecular complexity index is 1110. The van der Waals surface area contributed by atoms with Crippen LogP contribution in [0.4, 0.5) is 17.1 Å². The van der Waals surface area contributed by atoms with E-state index in [0.717, 1.165) is 5.56 Å². The van der Waals surface area contributed by atoms with E-state index in [2.05, 4.69) is 10.6 Å². The van der Waals surface area contributed by atoms with Gasteiger partial charge in [-0.3, -0.25) is 9.59 Å². The fourth-order valence-corrected chi connectivity index (χ4v) is 2.88. The topological polar surface area (TPSA) is 103 Å². The standard InChI is InChI=1S/C21H20N2O6/c1-27-15-9-8-12(10-16(15)28-2)11-22-17-18(20(25)19(17)24)23-14-7-5-4-6-13(14)21(26)29-3/h4-10,22-23H,11H2,1-3H3. The second-order valence-electron chi connectivity index (χ2n) is 6.11. The molecule has 8 heteroatoms. The summed E-state index contributed by atoms with van der Waals surface area (Å²) in [6.45, 7) is 0.290. The molecule has 3 rings (SSSR count). The molecule has 0 amide bonds. The molecule has 0 bridgehead atoms. The lowest BCUT2D eigenvalue weighted by molar-refractivity contribution is 0.0602. The summed E-state index contributed by atoms with van der Waals surface area (Å²) in [5.74, 6) is 0.598. The highest BCUT2D eigenvalue weighted by molar-refractivity contribution is 5.97. The molecule has 3 aromatic carbocycles. The predicted octanol–water partition coefficient (Wildman–Crippen LogP) is 2.44. The summed E-state index contributed by atoms with van der Waals surface area (Å²) in [7, 11) is 4.35. The maximum Gasteiger partial charge on any atom is 0.339 e. The van der Waals surface area contributed by atoms with E-state index in [-0.39, 0.29) is 16.9 Å². The van der Waals surface area contributed by atoms with Crippen molar-refractivity contribution in [2.75, 3.05) is 32.0 Å². The SMILES string of the molecule is COC(=O)c1ccccc1Nc1c(NCc2ccc(OC)c(OC)c2)c(=O)c1=O. The molecule has 0 aliphatic heterocycles. The third-order valence-electron chi connectivity index (χ3n) is 4.42. The van der Waals surface area contributed by atoms with Crippen molar-refractivity contribution in [1.82, 2.24) is 0 Å². The number of esters is 1. The van der Waals surface area contributed by atoms with Crippen LogP contribution in [0, 0.1) is 0 Å². The zero-order valence-corrected chi connectivity index (χ0v) is 16.2. The quantitative estimate of drug-likeness (QED) is 0.442. The smallest absolute Gasteiger partial charge is 0.339 e. The van der Waals surface area contributed by atoms with Crippen molar-refractivity contribution < 1.29 is 19.0 Å². The number of anilines is 3.